The molecule has 2 fully saturated rings. The van der Waals surface area contributed by atoms with Crippen LogP contribution in [0.1, 0.15) is 68.0 Å². The average Bonchev–Trinajstić information content (AvgIpc) is 3.05. The highest BCUT2D eigenvalue weighted by atomic mass is 35.5. The van der Waals surface area contributed by atoms with E-state index in [9.17, 15) is 9.59 Å². The molecule has 2 aliphatic rings. The molecule has 5 rings (SSSR count). The van der Waals surface area contributed by atoms with Gasteiger partial charge in [-0.25, -0.2) is 4.98 Å². The lowest BCUT2D eigenvalue weighted by Gasteiger charge is -2.26. The highest BCUT2D eigenvalue weighted by Crippen LogP contribution is 2.37. The van der Waals surface area contributed by atoms with Gasteiger partial charge in [0.25, 0.3) is 5.91 Å². The predicted molar refractivity (Wildman–Crippen MR) is 160 cm³/mol. The topological polar surface area (TPSA) is 98.6 Å². The third-order valence-corrected chi connectivity index (χ3v) is 8.11. The standard InChI is InChI=1S/C31H38ClN5O4/c1-5-28(38)36-11-7-6-8-23(17-36)37-29-26(32)15-25(41-24-12-19(2)18-40-21(4)14-24)16-27(29)34-31(37)35-30(39)22-9-10-33-20(3)13-22/h5,9-10,13,15-16,19,21,23-24H,1,6-8,11-12,14,17-18H2,2-4H3,(H,34,35,39)/t19?,21?,23-,24+/m1/s1. The SMILES string of the molecule is C=CC(=O)N1CCCC[C@@H](n2c(NC(=O)c3ccnc(C)c3)nc3cc(O[C@H]4CC(C)COC(C)C4)cc(Cl)c32)C1. The summed E-state index contributed by atoms with van der Waals surface area (Å²) >= 11 is 6.97. The van der Waals surface area contributed by atoms with Gasteiger partial charge in [0.1, 0.15) is 11.9 Å². The summed E-state index contributed by atoms with van der Waals surface area (Å²) in [7, 11) is 0. The number of aromatic nitrogens is 3. The minimum Gasteiger partial charge on any atom is -0.490 e. The molecule has 1 aromatic carbocycles. The number of carbonyl (C=O) groups excluding carboxylic acids is 2. The van der Waals surface area contributed by atoms with Gasteiger partial charge in [0, 0.05) is 55.7 Å². The highest BCUT2D eigenvalue weighted by Gasteiger charge is 2.29. The number of imidazole rings is 1. The maximum absolute atomic E-state index is 13.3. The van der Waals surface area contributed by atoms with Crippen LogP contribution in [0.5, 0.6) is 5.75 Å². The van der Waals surface area contributed by atoms with Crippen LogP contribution in [0.25, 0.3) is 11.0 Å². The molecule has 2 amide bonds. The number of pyridine rings is 1. The van der Waals surface area contributed by atoms with E-state index in [0.29, 0.717) is 52.3 Å². The van der Waals surface area contributed by atoms with E-state index in [1.807, 2.05) is 23.6 Å². The second-order valence-corrected chi connectivity index (χ2v) is 11.7. The Morgan fingerprint density at radius 3 is 2.83 bits per heavy atom. The van der Waals surface area contributed by atoms with Gasteiger partial charge in [-0.15, -0.1) is 0 Å². The molecular weight excluding hydrogens is 542 g/mol. The van der Waals surface area contributed by atoms with Crippen molar-refractivity contribution >= 4 is 40.4 Å². The van der Waals surface area contributed by atoms with E-state index in [2.05, 4.69) is 30.7 Å². The van der Waals surface area contributed by atoms with Crippen molar-refractivity contribution in [2.45, 2.75) is 71.1 Å². The number of ether oxygens (including phenoxy) is 2. The Balaban J connectivity index is 1.54. The van der Waals surface area contributed by atoms with Crippen LogP contribution in [0.2, 0.25) is 5.02 Å². The van der Waals surface area contributed by atoms with E-state index in [4.69, 9.17) is 26.1 Å². The Bertz CT molecular complexity index is 1430. The van der Waals surface area contributed by atoms with Gasteiger partial charge in [-0.05, 0) is 63.7 Å². The van der Waals surface area contributed by atoms with E-state index in [1.165, 1.54) is 6.08 Å². The minimum absolute atomic E-state index is 0.00691. The zero-order chi connectivity index (χ0) is 29.1. The van der Waals surface area contributed by atoms with Crippen molar-refractivity contribution in [1.82, 2.24) is 19.4 Å². The largest absolute Gasteiger partial charge is 0.490 e. The van der Waals surface area contributed by atoms with E-state index < -0.39 is 0 Å². The zero-order valence-corrected chi connectivity index (χ0v) is 24.7. The fourth-order valence-electron chi connectivity index (χ4n) is 5.86. The maximum Gasteiger partial charge on any atom is 0.258 e. The number of nitrogens with zero attached hydrogens (tertiary/aromatic N) is 4. The van der Waals surface area contributed by atoms with Gasteiger partial charge in [-0.1, -0.05) is 25.1 Å². The van der Waals surface area contributed by atoms with Crippen molar-refractivity contribution in [2.24, 2.45) is 5.92 Å². The van der Waals surface area contributed by atoms with Crippen molar-refractivity contribution in [3.05, 3.63) is 59.4 Å². The second kappa shape index (κ2) is 12.6. The molecule has 2 aromatic heterocycles. The number of anilines is 1. The van der Waals surface area contributed by atoms with Gasteiger partial charge in [0.05, 0.1) is 28.2 Å². The van der Waals surface area contributed by atoms with Crippen LogP contribution in [-0.4, -0.2) is 63.2 Å². The van der Waals surface area contributed by atoms with Crippen LogP contribution < -0.4 is 10.1 Å². The molecule has 0 radical (unpaired) electrons. The quantitative estimate of drug-likeness (QED) is 0.361. The van der Waals surface area contributed by atoms with Crippen LogP contribution in [-0.2, 0) is 9.53 Å². The van der Waals surface area contributed by atoms with E-state index in [1.54, 1.807) is 23.2 Å². The molecule has 0 aliphatic carbocycles. The Morgan fingerprint density at radius 1 is 1.22 bits per heavy atom. The van der Waals surface area contributed by atoms with Crippen molar-refractivity contribution in [2.75, 3.05) is 25.0 Å². The smallest absolute Gasteiger partial charge is 0.258 e. The summed E-state index contributed by atoms with van der Waals surface area (Å²) in [5, 5.41) is 3.49. The van der Waals surface area contributed by atoms with Gasteiger partial charge in [-0.2, -0.15) is 0 Å². The molecule has 218 valence electrons. The van der Waals surface area contributed by atoms with Crippen LogP contribution >= 0.6 is 11.6 Å². The molecule has 10 heteroatoms. The lowest BCUT2D eigenvalue weighted by molar-refractivity contribution is -0.126. The number of likely N-dealkylation sites (tertiary alicyclic amines) is 1. The van der Waals surface area contributed by atoms with E-state index >= 15 is 0 Å². The van der Waals surface area contributed by atoms with Crippen LogP contribution in [0, 0.1) is 12.8 Å². The molecule has 4 atom stereocenters. The van der Waals surface area contributed by atoms with Gasteiger partial charge in [0.2, 0.25) is 11.9 Å². The fourth-order valence-corrected chi connectivity index (χ4v) is 6.15. The molecule has 2 unspecified atom stereocenters. The normalized spacial score (nSPS) is 23.5. The first kappa shape index (κ1) is 29.1. The molecule has 3 aromatic rings. The van der Waals surface area contributed by atoms with Gasteiger partial charge < -0.3 is 18.9 Å². The second-order valence-electron chi connectivity index (χ2n) is 11.3. The summed E-state index contributed by atoms with van der Waals surface area (Å²) < 4.78 is 14.3. The number of benzene rings is 1. The summed E-state index contributed by atoms with van der Waals surface area (Å²) in [6.45, 7) is 11.6. The van der Waals surface area contributed by atoms with Crippen molar-refractivity contribution in [3.63, 3.8) is 0 Å². The summed E-state index contributed by atoms with van der Waals surface area (Å²) in [6.07, 6.45) is 7.33. The number of hydrogen-bond acceptors (Lipinski definition) is 6. The van der Waals surface area contributed by atoms with Gasteiger partial charge in [-0.3, -0.25) is 19.9 Å². The van der Waals surface area contributed by atoms with E-state index in [-0.39, 0.29) is 30.1 Å². The summed E-state index contributed by atoms with van der Waals surface area (Å²) in [6, 6.07) is 6.96. The first-order chi connectivity index (χ1) is 19.7. The Labute approximate surface area is 245 Å². The fraction of sp³-hybridized carbons (Fsp3) is 0.484. The molecule has 0 saturated carbocycles. The highest BCUT2D eigenvalue weighted by molar-refractivity contribution is 6.35. The number of carbonyl (C=O) groups is 2. The third kappa shape index (κ3) is 6.73. The monoisotopic (exact) mass is 579 g/mol. The summed E-state index contributed by atoms with van der Waals surface area (Å²) in [4.78, 5) is 36.8. The summed E-state index contributed by atoms with van der Waals surface area (Å²) in [5.41, 5.74) is 2.54. The zero-order valence-electron chi connectivity index (χ0n) is 23.9. The van der Waals surface area contributed by atoms with Crippen molar-refractivity contribution in [1.29, 1.82) is 0 Å². The minimum atomic E-state index is -0.297. The van der Waals surface area contributed by atoms with Crippen molar-refractivity contribution in [3.8, 4) is 5.75 Å². The molecule has 1 N–H and O–H groups in total. The van der Waals surface area contributed by atoms with Crippen LogP contribution in [0.15, 0.2) is 43.1 Å². The number of fused-ring (bicyclic) bond motifs is 1. The lowest BCUT2D eigenvalue weighted by atomic mass is 10.0. The molecule has 4 heterocycles. The molecule has 2 saturated heterocycles. The van der Waals surface area contributed by atoms with Crippen LogP contribution in [0.3, 0.4) is 0 Å². The molecular formula is C31H38ClN5O4. The molecule has 0 bridgehead atoms. The predicted octanol–water partition coefficient (Wildman–Crippen LogP) is 5.97. The molecule has 2 aliphatic heterocycles. The first-order valence-electron chi connectivity index (χ1n) is 14.4. The maximum atomic E-state index is 13.3. The van der Waals surface area contributed by atoms with E-state index in [0.717, 1.165) is 44.4 Å². The average molecular weight is 580 g/mol. The lowest BCUT2D eigenvalue weighted by Crippen LogP contribution is -2.34. The number of amides is 2. The van der Waals surface area contributed by atoms with Gasteiger partial charge >= 0.3 is 0 Å². The van der Waals surface area contributed by atoms with Crippen molar-refractivity contribution < 1.29 is 19.1 Å². The Morgan fingerprint density at radius 2 is 2.05 bits per heavy atom. The Kier molecular flexibility index (Phi) is 8.94. The number of nitrogens with one attached hydrogen (secondary N) is 1. The number of rotatable bonds is 6. The molecule has 41 heavy (non-hydrogen) atoms. The van der Waals surface area contributed by atoms with Gasteiger partial charge in [0.15, 0.2) is 0 Å². The Hall–Kier alpha value is -3.43. The first-order valence-corrected chi connectivity index (χ1v) is 14.7. The number of halogens is 1. The number of aryl methyl sites for hydroxylation is 1. The molecule has 9 nitrogen and oxygen atoms in total. The number of hydrogen-bond donors (Lipinski definition) is 1. The molecule has 0 spiro atoms. The van der Waals surface area contributed by atoms with Crippen LogP contribution in [0.4, 0.5) is 5.95 Å². The third-order valence-electron chi connectivity index (χ3n) is 7.82. The summed E-state index contributed by atoms with van der Waals surface area (Å²) in [5.74, 6) is 0.982.